The number of piperazine rings is 1. The van der Waals surface area contributed by atoms with Crippen LogP contribution in [0.2, 0.25) is 0 Å². The number of ether oxygens (including phenoxy) is 3. The molecule has 6 amide bonds. The topological polar surface area (TPSA) is 202 Å². The van der Waals surface area contributed by atoms with E-state index in [4.69, 9.17) is 14.2 Å². The van der Waals surface area contributed by atoms with E-state index >= 15 is 0 Å². The highest BCUT2D eigenvalue weighted by Crippen LogP contribution is 2.48. The number of likely N-dealkylation sites (N-methyl/N-ethyl adjacent to an activating group) is 2. The second-order valence-electron chi connectivity index (χ2n) is 24.6. The summed E-state index contributed by atoms with van der Waals surface area (Å²) in [5, 5.41) is 8.61. The van der Waals surface area contributed by atoms with E-state index in [2.05, 4.69) is 166 Å². The summed E-state index contributed by atoms with van der Waals surface area (Å²) in [6, 6.07) is 27.7. The van der Waals surface area contributed by atoms with Gasteiger partial charge in [0.25, 0.3) is 5.91 Å². The number of nitrogens with one attached hydrogen (secondary N) is 3. The van der Waals surface area contributed by atoms with Crippen molar-refractivity contribution < 1.29 is 47.6 Å². The van der Waals surface area contributed by atoms with Crippen LogP contribution in [0, 0.1) is 0 Å². The summed E-state index contributed by atoms with van der Waals surface area (Å²) in [7, 11) is 5.44. The Hall–Kier alpha value is -8.14. The molecule has 4 aliphatic heterocycles. The number of hydrogen-bond donors (Lipinski definition) is 3. The molecule has 0 bridgehead atoms. The standard InChI is InChI=1S/C71H93N11O9/c1-70(2)55-26-16-19-30-59(55)78(7)61(70)32-12-9-8-10-13-33-62-71(3,4)56-27-17-20-31-60(56)81(62)39-21-11-14-34-65(85)76(5)51-63(83)72-37-23-45-89-47-49-91-50-48-90-46-24-38-73-64(84)52-77(6)66(86)35-40-79-41-43-80(44-42-79)53-67(87)82-58-29-18-15-25-54(58)69(88)75-57-28-22-36-74-68(57)82/h8-10,12-13,15-20,22,25-33,36H,11,14,21,23-24,34-35,37-53H2,1-7H3,(H2-,72,73,75,83,84,88)/p+1. The number of aromatic nitrogens is 1. The molecule has 3 aromatic carbocycles. The second-order valence-corrected chi connectivity index (χ2v) is 24.6. The summed E-state index contributed by atoms with van der Waals surface area (Å²) in [5.41, 5.74) is 8.80. The number of carbonyl (C=O) groups excluding carboxylic acids is 6. The maximum Gasteiger partial charge on any atom is 0.257 e. The molecule has 1 saturated heterocycles. The Labute approximate surface area is 537 Å². The normalized spacial score (nSPS) is 16.5. The Morgan fingerprint density at radius 2 is 1.21 bits per heavy atom. The molecular weight excluding hydrogens is 1150 g/mol. The molecule has 0 unspecified atom stereocenters. The van der Waals surface area contributed by atoms with Gasteiger partial charge in [-0.05, 0) is 81.5 Å². The number of pyridine rings is 1. The number of amides is 6. The summed E-state index contributed by atoms with van der Waals surface area (Å²) in [6.45, 7) is 16.6. The summed E-state index contributed by atoms with van der Waals surface area (Å²) < 4.78 is 19.2. The average Bonchev–Trinajstić information content (AvgIpc) is 1.63. The summed E-state index contributed by atoms with van der Waals surface area (Å²) >= 11 is 0. The first-order valence-electron chi connectivity index (χ1n) is 32.1. The zero-order chi connectivity index (χ0) is 64.8. The smallest absolute Gasteiger partial charge is 0.257 e. The van der Waals surface area contributed by atoms with Gasteiger partial charge in [-0.2, -0.15) is 4.58 Å². The highest BCUT2D eigenvalue weighted by molar-refractivity contribution is 6.17. The Morgan fingerprint density at radius 3 is 1.89 bits per heavy atom. The molecule has 0 spiro atoms. The third-order valence-corrected chi connectivity index (χ3v) is 17.2. The lowest BCUT2D eigenvalue weighted by atomic mass is 9.81. The molecule has 20 nitrogen and oxygen atoms in total. The maximum absolute atomic E-state index is 13.8. The fraction of sp³-hybridized carbons (Fsp3) is 0.465. The first kappa shape index (κ1) is 68.8. The molecule has 0 atom stereocenters. The molecule has 20 heteroatoms. The van der Waals surface area contributed by atoms with E-state index < -0.39 is 0 Å². The van der Waals surface area contributed by atoms with Crippen LogP contribution in [0.3, 0.4) is 0 Å². The van der Waals surface area contributed by atoms with Crippen LogP contribution in [0.5, 0.6) is 0 Å². The molecule has 0 radical (unpaired) electrons. The molecule has 5 heterocycles. The number of rotatable bonds is 33. The van der Waals surface area contributed by atoms with Gasteiger partial charge in [0.2, 0.25) is 35.2 Å². The molecule has 486 valence electrons. The van der Waals surface area contributed by atoms with Crippen molar-refractivity contribution in [2.24, 2.45) is 0 Å². The molecule has 91 heavy (non-hydrogen) atoms. The van der Waals surface area contributed by atoms with E-state index in [1.54, 1.807) is 56.7 Å². The zero-order valence-electron chi connectivity index (χ0n) is 54.4. The molecule has 0 saturated carbocycles. The predicted molar refractivity (Wildman–Crippen MR) is 357 cm³/mol. The second kappa shape index (κ2) is 33.8. The number of carbonyl (C=O) groups is 6. The number of hydrogen-bond acceptors (Lipinski definition) is 13. The van der Waals surface area contributed by atoms with E-state index in [1.807, 2.05) is 0 Å². The van der Waals surface area contributed by atoms with Crippen molar-refractivity contribution in [3.05, 3.63) is 156 Å². The molecular formula is C71H94N11O9+. The highest BCUT2D eigenvalue weighted by atomic mass is 16.5. The highest BCUT2D eigenvalue weighted by Gasteiger charge is 2.43. The van der Waals surface area contributed by atoms with E-state index in [9.17, 15) is 28.8 Å². The van der Waals surface area contributed by atoms with Gasteiger partial charge in [-0.15, -0.1) is 0 Å². The lowest BCUT2D eigenvalue weighted by Crippen LogP contribution is -2.50. The SMILES string of the molecule is CN(CC(=O)NCCCOCCOCCOCCCNC(=O)CN(C)C(=O)CCN1CCN(CC(=O)N2c3ccccc3C(=O)Nc3cccnc32)CC1)C(=O)CCCCCN1/C(=C/C=C/C=C/C=C/C2=[N+](C)c3ccccc3C2(C)C)C(C)(C)c2ccccc21. The number of benzene rings is 3. The van der Waals surface area contributed by atoms with E-state index in [1.165, 1.54) is 48.6 Å². The number of nitrogens with zero attached hydrogens (tertiary/aromatic N) is 8. The monoisotopic (exact) mass is 1240 g/mol. The zero-order valence-corrected chi connectivity index (χ0v) is 54.4. The van der Waals surface area contributed by atoms with Crippen molar-refractivity contribution in [3.8, 4) is 0 Å². The molecule has 8 rings (SSSR count). The van der Waals surface area contributed by atoms with Crippen molar-refractivity contribution in [2.45, 2.75) is 83.5 Å². The van der Waals surface area contributed by atoms with E-state index in [-0.39, 0.29) is 72.3 Å². The van der Waals surface area contributed by atoms with Crippen molar-refractivity contribution >= 4 is 69.7 Å². The Morgan fingerprint density at radius 1 is 0.626 bits per heavy atom. The van der Waals surface area contributed by atoms with Crippen molar-refractivity contribution in [1.29, 1.82) is 0 Å². The lowest BCUT2D eigenvalue weighted by Gasteiger charge is -2.35. The van der Waals surface area contributed by atoms with Crippen LogP contribution in [0.25, 0.3) is 0 Å². The third-order valence-electron chi connectivity index (χ3n) is 17.2. The van der Waals surface area contributed by atoms with Crippen LogP contribution < -0.4 is 25.8 Å². The summed E-state index contributed by atoms with van der Waals surface area (Å²) in [6.07, 6.45) is 21.0. The van der Waals surface area contributed by atoms with Crippen LogP contribution in [-0.2, 0) is 49.0 Å². The van der Waals surface area contributed by atoms with Crippen LogP contribution in [-0.4, -0.2) is 203 Å². The van der Waals surface area contributed by atoms with Gasteiger partial charge in [-0.25, -0.2) is 4.98 Å². The van der Waals surface area contributed by atoms with Crippen molar-refractivity contribution in [1.82, 2.24) is 35.2 Å². The predicted octanol–water partition coefficient (Wildman–Crippen LogP) is 7.92. The Balaban J connectivity index is 0.592. The third kappa shape index (κ3) is 18.8. The molecule has 4 aliphatic rings. The van der Waals surface area contributed by atoms with Gasteiger partial charge in [0.15, 0.2) is 11.5 Å². The van der Waals surface area contributed by atoms with Gasteiger partial charge in [0.1, 0.15) is 7.05 Å². The molecule has 1 aromatic heterocycles. The van der Waals surface area contributed by atoms with Crippen LogP contribution in [0.15, 0.2) is 139 Å². The lowest BCUT2D eigenvalue weighted by molar-refractivity contribution is -0.401. The Bertz CT molecular complexity index is 3330. The quantitative estimate of drug-likeness (QED) is 0.0236. The number of para-hydroxylation sites is 3. The Kier molecular flexibility index (Phi) is 25.5. The molecule has 1 fully saturated rings. The summed E-state index contributed by atoms with van der Waals surface area (Å²) in [4.78, 5) is 93.5. The summed E-state index contributed by atoms with van der Waals surface area (Å²) in [5.74, 6) is -0.715. The van der Waals surface area contributed by atoms with Gasteiger partial charge < -0.3 is 49.8 Å². The molecule has 4 aromatic rings. The van der Waals surface area contributed by atoms with Crippen molar-refractivity contribution in [2.75, 3.05) is 148 Å². The molecule has 3 N–H and O–H groups in total. The number of allylic oxidation sites excluding steroid dienone is 8. The fourth-order valence-electron chi connectivity index (χ4n) is 12.1. The largest absolute Gasteiger partial charge is 0.379 e. The average molecular weight is 1250 g/mol. The van der Waals surface area contributed by atoms with Gasteiger partial charge in [-0.1, -0.05) is 99.2 Å². The van der Waals surface area contributed by atoms with Crippen LogP contribution in [0.4, 0.5) is 28.6 Å². The van der Waals surface area contributed by atoms with Gasteiger partial charge in [0, 0.05) is 133 Å². The van der Waals surface area contributed by atoms with Crippen molar-refractivity contribution in [3.63, 3.8) is 0 Å². The molecule has 0 aliphatic carbocycles. The number of anilines is 4. The first-order chi connectivity index (χ1) is 43.9. The number of fused-ring (bicyclic) bond motifs is 4. The fourth-order valence-corrected chi connectivity index (χ4v) is 12.1. The minimum Gasteiger partial charge on any atom is -0.379 e. The van der Waals surface area contributed by atoms with E-state index in [0.29, 0.717) is 127 Å². The minimum absolute atomic E-state index is 0.00879. The van der Waals surface area contributed by atoms with Gasteiger partial charge in [0.05, 0.1) is 68.4 Å². The first-order valence-corrected chi connectivity index (χ1v) is 32.1. The van der Waals surface area contributed by atoms with Gasteiger partial charge >= 0.3 is 0 Å². The minimum atomic E-state index is -0.297. The maximum atomic E-state index is 13.8. The van der Waals surface area contributed by atoms with Crippen LogP contribution >= 0.6 is 0 Å². The van der Waals surface area contributed by atoms with E-state index in [0.717, 1.165) is 25.8 Å². The number of unbranched alkanes of at least 4 members (excludes halogenated alkanes) is 2. The van der Waals surface area contributed by atoms with Gasteiger partial charge in [-0.3, -0.25) is 38.6 Å². The van der Waals surface area contributed by atoms with Crippen LogP contribution in [0.1, 0.15) is 94.1 Å².